The first kappa shape index (κ1) is 26.4. The van der Waals surface area contributed by atoms with Gasteiger partial charge in [-0.05, 0) is 13.8 Å². The van der Waals surface area contributed by atoms with Crippen LogP contribution in [0.4, 0.5) is 5.13 Å². The number of thiazole rings is 1. The second-order valence-electron chi connectivity index (χ2n) is 7.53. The SMILES string of the molecule is CCn1c(SC2=C(C(=O)O)N3C(=O)C(NC(=O)C(=NOC)c4csc(N)n4)[C@H]3SC2C)n[nH]c(=O)c1=O. The second-order valence-corrected chi connectivity index (χ2v) is 10.9. The van der Waals surface area contributed by atoms with Gasteiger partial charge in [0, 0.05) is 22.1 Å². The minimum Gasteiger partial charge on any atom is -0.477 e. The third-order valence-electron chi connectivity index (χ3n) is 5.32. The molecular weight excluding hydrogens is 548 g/mol. The van der Waals surface area contributed by atoms with E-state index < -0.39 is 45.6 Å². The molecule has 0 radical (unpaired) electrons. The number of aromatic nitrogens is 4. The lowest BCUT2D eigenvalue weighted by Crippen LogP contribution is -2.71. The number of anilines is 1. The number of rotatable bonds is 8. The van der Waals surface area contributed by atoms with Crippen molar-refractivity contribution in [3.05, 3.63) is 42.4 Å². The molecule has 3 atom stereocenters. The van der Waals surface area contributed by atoms with Crippen molar-refractivity contribution in [2.75, 3.05) is 12.8 Å². The minimum atomic E-state index is -1.37. The van der Waals surface area contributed by atoms with Gasteiger partial charge in [-0.25, -0.2) is 14.9 Å². The quantitative estimate of drug-likeness (QED) is 0.133. The van der Waals surface area contributed by atoms with E-state index in [9.17, 15) is 29.1 Å². The predicted octanol–water partition coefficient (Wildman–Crippen LogP) is -0.782. The maximum atomic E-state index is 13.1. The number of fused-ring (bicyclic) bond motifs is 1. The number of amides is 2. The van der Waals surface area contributed by atoms with Crippen molar-refractivity contribution in [2.24, 2.45) is 5.16 Å². The van der Waals surface area contributed by atoms with Gasteiger partial charge in [-0.3, -0.25) is 28.6 Å². The van der Waals surface area contributed by atoms with Gasteiger partial charge in [-0.15, -0.1) is 28.2 Å². The van der Waals surface area contributed by atoms with E-state index in [4.69, 9.17) is 10.6 Å². The fraction of sp³-hybridized carbons (Fsp3) is 0.368. The second kappa shape index (κ2) is 10.4. The molecule has 18 heteroatoms. The molecule has 4 rings (SSSR count). The average Bonchev–Trinajstić information content (AvgIpc) is 3.29. The molecule has 0 bridgehead atoms. The van der Waals surface area contributed by atoms with Crippen LogP contribution in [0.1, 0.15) is 19.5 Å². The summed E-state index contributed by atoms with van der Waals surface area (Å²) in [6.45, 7) is 3.50. The Morgan fingerprint density at radius 3 is 2.70 bits per heavy atom. The Morgan fingerprint density at radius 1 is 1.38 bits per heavy atom. The van der Waals surface area contributed by atoms with Crippen LogP contribution in [-0.2, 0) is 25.8 Å². The largest absolute Gasteiger partial charge is 0.477 e. The van der Waals surface area contributed by atoms with Gasteiger partial charge in [0.2, 0.25) is 0 Å². The van der Waals surface area contributed by atoms with Gasteiger partial charge in [0.05, 0.1) is 0 Å². The first-order valence-corrected chi connectivity index (χ1v) is 13.2. The van der Waals surface area contributed by atoms with Crippen LogP contribution in [0, 0.1) is 0 Å². The molecule has 2 aliphatic heterocycles. The Labute approximate surface area is 220 Å². The van der Waals surface area contributed by atoms with Crippen LogP contribution in [0.5, 0.6) is 0 Å². The number of H-pyrrole nitrogens is 1. The summed E-state index contributed by atoms with van der Waals surface area (Å²) in [7, 11) is 1.25. The number of nitrogens with two attached hydrogens (primary N) is 1. The van der Waals surface area contributed by atoms with Crippen LogP contribution in [0.2, 0.25) is 0 Å². The van der Waals surface area contributed by atoms with Crippen molar-refractivity contribution >= 4 is 63.5 Å². The lowest BCUT2D eigenvalue weighted by Gasteiger charge is -2.50. The molecule has 37 heavy (non-hydrogen) atoms. The highest BCUT2D eigenvalue weighted by Crippen LogP contribution is 2.48. The normalized spacial score (nSPS) is 21.4. The summed E-state index contributed by atoms with van der Waals surface area (Å²) in [5.74, 6) is -2.76. The zero-order valence-corrected chi connectivity index (χ0v) is 21.9. The molecule has 2 aromatic rings. The lowest BCUT2D eigenvalue weighted by atomic mass is 10.0. The predicted molar refractivity (Wildman–Crippen MR) is 135 cm³/mol. The maximum absolute atomic E-state index is 13.1. The summed E-state index contributed by atoms with van der Waals surface area (Å²) in [6, 6.07) is -1.04. The smallest absolute Gasteiger partial charge is 0.353 e. The van der Waals surface area contributed by atoms with Crippen molar-refractivity contribution in [3.8, 4) is 0 Å². The molecule has 2 amide bonds. The van der Waals surface area contributed by atoms with Gasteiger partial charge >= 0.3 is 17.1 Å². The van der Waals surface area contributed by atoms with Crippen LogP contribution in [-0.4, -0.2) is 77.0 Å². The summed E-state index contributed by atoms with van der Waals surface area (Å²) in [6.07, 6.45) is 0. The molecule has 0 saturated carbocycles. The van der Waals surface area contributed by atoms with E-state index in [0.717, 1.165) is 32.6 Å². The highest BCUT2D eigenvalue weighted by molar-refractivity contribution is 8.06. The molecule has 1 saturated heterocycles. The molecule has 2 unspecified atom stereocenters. The van der Waals surface area contributed by atoms with E-state index in [2.05, 4.69) is 25.7 Å². The highest BCUT2D eigenvalue weighted by atomic mass is 32.2. The van der Waals surface area contributed by atoms with Crippen molar-refractivity contribution in [2.45, 2.75) is 42.2 Å². The Bertz CT molecular complexity index is 1460. The van der Waals surface area contributed by atoms with E-state index in [0.29, 0.717) is 0 Å². The number of carbonyl (C=O) groups excluding carboxylic acids is 2. The van der Waals surface area contributed by atoms with Gasteiger partial charge in [-0.1, -0.05) is 16.9 Å². The van der Waals surface area contributed by atoms with Crippen molar-refractivity contribution in [3.63, 3.8) is 0 Å². The van der Waals surface area contributed by atoms with Crippen LogP contribution < -0.4 is 22.2 Å². The van der Waals surface area contributed by atoms with E-state index >= 15 is 0 Å². The molecule has 2 aliphatic rings. The Kier molecular flexibility index (Phi) is 7.42. The first-order chi connectivity index (χ1) is 17.6. The molecule has 196 valence electrons. The van der Waals surface area contributed by atoms with Gasteiger partial charge in [0.25, 0.3) is 11.8 Å². The molecule has 2 aromatic heterocycles. The van der Waals surface area contributed by atoms with Crippen LogP contribution in [0.25, 0.3) is 0 Å². The molecule has 0 aromatic carbocycles. The van der Waals surface area contributed by atoms with Gasteiger partial charge in [0.15, 0.2) is 16.0 Å². The van der Waals surface area contributed by atoms with E-state index in [1.165, 1.54) is 24.3 Å². The maximum Gasteiger partial charge on any atom is 0.353 e. The fourth-order valence-electron chi connectivity index (χ4n) is 3.67. The average molecular weight is 569 g/mol. The number of nitrogens with one attached hydrogen (secondary N) is 2. The number of β-lactam (4-membered cyclic amide) rings is 1. The number of oxime groups is 1. The summed E-state index contributed by atoms with van der Waals surface area (Å²) in [5.41, 5.74) is 3.58. The van der Waals surface area contributed by atoms with E-state index in [1.807, 2.05) is 0 Å². The summed E-state index contributed by atoms with van der Waals surface area (Å²) in [4.78, 5) is 72.2. The first-order valence-electron chi connectivity index (χ1n) is 10.6. The molecule has 5 N–H and O–H groups in total. The molecule has 15 nitrogen and oxygen atoms in total. The number of nitrogen functional groups attached to an aromatic ring is 1. The Balaban J connectivity index is 1.63. The van der Waals surface area contributed by atoms with Gasteiger partial charge in [0.1, 0.15) is 29.9 Å². The number of carboxylic acid groups (broad SMARTS) is 1. The summed E-state index contributed by atoms with van der Waals surface area (Å²) in [5, 5.41) is 22.8. The number of nitrogens with zero attached hydrogens (tertiary/aromatic N) is 5. The lowest BCUT2D eigenvalue weighted by molar-refractivity contribution is -0.150. The molecule has 0 aliphatic carbocycles. The molecule has 4 heterocycles. The molecular formula is C19H20N8O7S3. The number of hydrogen-bond acceptors (Lipinski definition) is 13. The number of thioether (sulfide) groups is 2. The third-order valence-corrected chi connectivity index (χ3v) is 8.81. The zero-order chi connectivity index (χ0) is 27.0. The number of carbonyl (C=O) groups is 3. The van der Waals surface area contributed by atoms with E-state index in [1.54, 1.807) is 13.8 Å². The van der Waals surface area contributed by atoms with Gasteiger partial charge in [-0.2, -0.15) is 0 Å². The zero-order valence-electron chi connectivity index (χ0n) is 19.5. The number of carboxylic acids is 1. The number of hydrogen-bond donors (Lipinski definition) is 4. The van der Waals surface area contributed by atoms with Crippen LogP contribution >= 0.6 is 34.9 Å². The summed E-state index contributed by atoms with van der Waals surface area (Å²) < 4.78 is 1.11. The fourth-order valence-corrected chi connectivity index (χ4v) is 6.91. The van der Waals surface area contributed by atoms with E-state index in [-0.39, 0.29) is 38.8 Å². The minimum absolute atomic E-state index is 0.0764. The number of aromatic amines is 1. The van der Waals surface area contributed by atoms with Crippen molar-refractivity contribution in [1.82, 2.24) is 30.0 Å². The topological polar surface area (TPSA) is 215 Å². The Hall–Kier alpha value is -3.64. The number of aliphatic carboxylic acids is 1. The van der Waals surface area contributed by atoms with Crippen LogP contribution in [0.15, 0.2) is 35.9 Å². The standard InChI is InChI=1S/C19H20N8O7S3/c1-4-26-15(31)13(29)23-24-19(26)37-11-6(2)36-16-9(14(30)27(16)10(11)17(32)33)22-12(28)8(25-34-3)7-5-35-18(20)21-7/h5-6,9,16H,4H2,1-3H3,(H2,20,21)(H,22,28)(H,23,29)(H,32,33)/t6?,9?,16-/m1/s1. The molecule has 1 fully saturated rings. The summed E-state index contributed by atoms with van der Waals surface area (Å²) >= 11 is 3.21. The van der Waals surface area contributed by atoms with Crippen LogP contribution in [0.3, 0.4) is 0 Å². The van der Waals surface area contributed by atoms with Crippen molar-refractivity contribution in [1.29, 1.82) is 0 Å². The van der Waals surface area contributed by atoms with Gasteiger partial charge < -0.3 is 21.0 Å². The molecule has 0 spiro atoms. The van der Waals surface area contributed by atoms with Crippen molar-refractivity contribution < 1.29 is 24.3 Å². The Morgan fingerprint density at radius 2 is 2.11 bits per heavy atom. The highest BCUT2D eigenvalue weighted by Gasteiger charge is 2.56. The monoisotopic (exact) mass is 568 g/mol. The third kappa shape index (κ3) is 4.74.